The lowest BCUT2D eigenvalue weighted by Gasteiger charge is -2.17. The Bertz CT molecular complexity index is 514. The number of carboxylic acids is 1. The van der Waals surface area contributed by atoms with Gasteiger partial charge in [-0.15, -0.1) is 11.8 Å². The minimum atomic E-state index is -0.986. The van der Waals surface area contributed by atoms with E-state index in [0.29, 0.717) is 12.2 Å². The predicted octanol–water partition coefficient (Wildman–Crippen LogP) is 3.01. The van der Waals surface area contributed by atoms with Gasteiger partial charge < -0.3 is 10.4 Å². The lowest BCUT2D eigenvalue weighted by molar-refractivity contribution is -0.143. The van der Waals surface area contributed by atoms with Gasteiger partial charge in [-0.1, -0.05) is 19.9 Å². The van der Waals surface area contributed by atoms with Crippen LogP contribution in [0.3, 0.4) is 0 Å². The van der Waals surface area contributed by atoms with Gasteiger partial charge in [-0.2, -0.15) is 0 Å². The van der Waals surface area contributed by atoms with Crippen molar-refractivity contribution in [3.8, 4) is 0 Å². The Balaban J connectivity index is 2.42. The molecule has 0 saturated carbocycles. The molecule has 0 aliphatic heterocycles. The zero-order valence-electron chi connectivity index (χ0n) is 13.0. The normalized spacial score (nSPS) is 12.2. The third-order valence-corrected chi connectivity index (χ3v) is 4.32. The van der Waals surface area contributed by atoms with Gasteiger partial charge >= 0.3 is 5.97 Å². The van der Waals surface area contributed by atoms with E-state index in [4.69, 9.17) is 5.11 Å². The molecule has 2 N–H and O–H groups in total. The van der Waals surface area contributed by atoms with Gasteiger partial charge in [-0.3, -0.25) is 4.79 Å². The fourth-order valence-corrected chi connectivity index (χ4v) is 2.77. The zero-order chi connectivity index (χ0) is 16.0. The van der Waals surface area contributed by atoms with E-state index in [1.165, 1.54) is 11.1 Å². The summed E-state index contributed by atoms with van der Waals surface area (Å²) in [7, 11) is 0. The number of carbonyl (C=O) groups is 2. The first kappa shape index (κ1) is 17.6. The average Bonchev–Trinajstić information content (AvgIpc) is 2.39. The number of aliphatic carboxylic acids is 1. The number of hydrogen-bond acceptors (Lipinski definition) is 3. The van der Waals surface area contributed by atoms with E-state index >= 15 is 0 Å². The van der Waals surface area contributed by atoms with E-state index in [2.05, 4.69) is 31.3 Å². The predicted molar refractivity (Wildman–Crippen MR) is 85.7 cm³/mol. The average molecular weight is 309 g/mol. The smallest absolute Gasteiger partial charge is 0.326 e. The number of aryl methyl sites for hydroxylation is 2. The molecule has 0 aliphatic carbocycles. The molecule has 0 spiro atoms. The molecule has 4 nitrogen and oxygen atoms in total. The second-order valence-corrected chi connectivity index (χ2v) is 6.64. The molecule has 1 atom stereocenters. The van der Waals surface area contributed by atoms with Gasteiger partial charge in [0.2, 0.25) is 5.91 Å². The van der Waals surface area contributed by atoms with Crippen LogP contribution in [0.2, 0.25) is 0 Å². The van der Waals surface area contributed by atoms with E-state index in [1.807, 2.05) is 6.07 Å². The third-order valence-electron chi connectivity index (χ3n) is 3.33. The SMILES string of the molecule is Cc1ccc(SCCC(=O)N[C@@H](C(=O)O)C(C)C)cc1C. The molecule has 0 unspecified atom stereocenters. The van der Waals surface area contributed by atoms with Crippen molar-refractivity contribution < 1.29 is 14.7 Å². The zero-order valence-corrected chi connectivity index (χ0v) is 13.8. The fraction of sp³-hybridized carbons (Fsp3) is 0.500. The molecule has 1 amide bonds. The van der Waals surface area contributed by atoms with E-state index in [9.17, 15) is 9.59 Å². The molecular weight excluding hydrogens is 286 g/mol. The summed E-state index contributed by atoms with van der Waals surface area (Å²) in [5.74, 6) is -0.690. The van der Waals surface area contributed by atoms with Gasteiger partial charge in [0.25, 0.3) is 0 Å². The number of carboxylic acid groups (broad SMARTS) is 1. The Labute approximate surface area is 130 Å². The summed E-state index contributed by atoms with van der Waals surface area (Å²) in [5.41, 5.74) is 2.48. The van der Waals surface area contributed by atoms with Gasteiger partial charge in [0.15, 0.2) is 0 Å². The van der Waals surface area contributed by atoms with Crippen molar-refractivity contribution in [1.29, 1.82) is 0 Å². The Morgan fingerprint density at radius 1 is 1.24 bits per heavy atom. The van der Waals surface area contributed by atoms with Crippen LogP contribution in [-0.2, 0) is 9.59 Å². The molecule has 0 aliphatic rings. The summed E-state index contributed by atoms with van der Waals surface area (Å²) in [6.45, 7) is 7.69. The maximum absolute atomic E-state index is 11.8. The van der Waals surface area contributed by atoms with Crippen LogP contribution in [0.4, 0.5) is 0 Å². The molecule has 1 aromatic rings. The first-order chi connectivity index (χ1) is 9.81. The van der Waals surface area contributed by atoms with Crippen LogP contribution in [0.25, 0.3) is 0 Å². The monoisotopic (exact) mass is 309 g/mol. The molecule has 0 radical (unpaired) electrons. The van der Waals surface area contributed by atoms with Gasteiger partial charge in [-0.25, -0.2) is 4.79 Å². The molecule has 1 rings (SSSR count). The summed E-state index contributed by atoms with van der Waals surface area (Å²) in [6.07, 6.45) is 0.314. The van der Waals surface area contributed by atoms with E-state index in [1.54, 1.807) is 25.6 Å². The van der Waals surface area contributed by atoms with Crippen molar-refractivity contribution >= 4 is 23.6 Å². The number of carbonyl (C=O) groups excluding carboxylic acids is 1. The topological polar surface area (TPSA) is 66.4 Å². The molecule has 21 heavy (non-hydrogen) atoms. The van der Waals surface area contributed by atoms with Crippen LogP contribution in [-0.4, -0.2) is 28.8 Å². The maximum Gasteiger partial charge on any atom is 0.326 e. The number of hydrogen-bond donors (Lipinski definition) is 2. The highest BCUT2D eigenvalue weighted by atomic mass is 32.2. The second kappa shape index (κ2) is 8.08. The first-order valence-corrected chi connectivity index (χ1v) is 8.02. The van der Waals surface area contributed by atoms with E-state index < -0.39 is 12.0 Å². The van der Waals surface area contributed by atoms with Crippen molar-refractivity contribution in [3.05, 3.63) is 29.3 Å². The number of thioether (sulfide) groups is 1. The Morgan fingerprint density at radius 3 is 2.43 bits per heavy atom. The lowest BCUT2D eigenvalue weighted by atomic mass is 10.0. The minimum Gasteiger partial charge on any atom is -0.480 e. The van der Waals surface area contributed by atoms with Gasteiger partial charge in [0.1, 0.15) is 6.04 Å². The summed E-state index contributed by atoms with van der Waals surface area (Å²) < 4.78 is 0. The number of nitrogens with one attached hydrogen (secondary N) is 1. The summed E-state index contributed by atoms with van der Waals surface area (Å²) in [6, 6.07) is 5.39. The number of amides is 1. The van der Waals surface area contributed by atoms with Crippen molar-refractivity contribution in [1.82, 2.24) is 5.32 Å². The molecular formula is C16H23NO3S. The molecule has 1 aromatic carbocycles. The second-order valence-electron chi connectivity index (χ2n) is 5.47. The maximum atomic E-state index is 11.8. The number of rotatable bonds is 7. The standard InChI is InChI=1S/C16H23NO3S/c1-10(2)15(16(19)20)17-14(18)7-8-21-13-6-5-11(3)12(4)9-13/h5-6,9-10,15H,7-8H2,1-4H3,(H,17,18)(H,19,20)/t15-/m1/s1. The fourth-order valence-electron chi connectivity index (χ4n) is 1.82. The van der Waals surface area contributed by atoms with Crippen LogP contribution in [0.5, 0.6) is 0 Å². The van der Waals surface area contributed by atoms with Gasteiger partial charge in [0.05, 0.1) is 0 Å². The summed E-state index contributed by atoms with van der Waals surface area (Å²) in [5, 5.41) is 11.6. The minimum absolute atomic E-state index is 0.126. The van der Waals surface area contributed by atoms with Crippen molar-refractivity contribution in [2.24, 2.45) is 5.92 Å². The van der Waals surface area contributed by atoms with Crippen molar-refractivity contribution in [2.45, 2.75) is 45.1 Å². The highest BCUT2D eigenvalue weighted by Crippen LogP contribution is 2.21. The molecule has 0 heterocycles. The Morgan fingerprint density at radius 2 is 1.90 bits per heavy atom. The quantitative estimate of drug-likeness (QED) is 0.760. The van der Waals surface area contributed by atoms with Crippen LogP contribution >= 0.6 is 11.8 Å². The first-order valence-electron chi connectivity index (χ1n) is 7.03. The Kier molecular flexibility index (Phi) is 6.75. The Hall–Kier alpha value is -1.49. The van der Waals surface area contributed by atoms with E-state index in [0.717, 1.165) is 4.90 Å². The van der Waals surface area contributed by atoms with Gasteiger partial charge in [-0.05, 0) is 43.0 Å². The van der Waals surface area contributed by atoms with Crippen LogP contribution in [0.15, 0.2) is 23.1 Å². The molecule has 0 saturated heterocycles. The largest absolute Gasteiger partial charge is 0.480 e. The molecule has 0 bridgehead atoms. The van der Waals surface area contributed by atoms with Crippen LogP contribution < -0.4 is 5.32 Å². The van der Waals surface area contributed by atoms with Crippen LogP contribution in [0.1, 0.15) is 31.4 Å². The molecule has 5 heteroatoms. The summed E-state index contributed by atoms with van der Waals surface area (Å²) in [4.78, 5) is 23.9. The van der Waals surface area contributed by atoms with Gasteiger partial charge in [0, 0.05) is 17.1 Å². The van der Waals surface area contributed by atoms with Crippen molar-refractivity contribution in [2.75, 3.05) is 5.75 Å². The van der Waals surface area contributed by atoms with Crippen LogP contribution in [0, 0.1) is 19.8 Å². The highest BCUT2D eigenvalue weighted by molar-refractivity contribution is 7.99. The number of benzene rings is 1. The van der Waals surface area contributed by atoms with Crippen molar-refractivity contribution in [3.63, 3.8) is 0 Å². The third kappa shape index (κ3) is 5.79. The highest BCUT2D eigenvalue weighted by Gasteiger charge is 2.22. The lowest BCUT2D eigenvalue weighted by Crippen LogP contribution is -2.44. The van der Waals surface area contributed by atoms with E-state index in [-0.39, 0.29) is 11.8 Å². The molecule has 0 fully saturated rings. The molecule has 116 valence electrons. The summed E-state index contributed by atoms with van der Waals surface area (Å²) >= 11 is 1.61. The molecule has 0 aromatic heterocycles.